The third-order valence-electron chi connectivity index (χ3n) is 2.11. The summed E-state index contributed by atoms with van der Waals surface area (Å²) >= 11 is 0. The lowest BCUT2D eigenvalue weighted by atomic mass is 10.3. The SMILES string of the molecule is CCCCOS(=O)(=O)OC(O)CO.Nc1ccccc1N. The fraction of sp³-hybridized carbons (Fsp3) is 0.500. The van der Waals surface area contributed by atoms with Crippen molar-refractivity contribution < 1.29 is 27.0 Å². The summed E-state index contributed by atoms with van der Waals surface area (Å²) in [6.45, 7) is 1.09. The van der Waals surface area contributed by atoms with E-state index in [2.05, 4.69) is 8.37 Å². The number of hydrogen-bond donors (Lipinski definition) is 4. The van der Waals surface area contributed by atoms with Gasteiger partial charge in [-0.1, -0.05) is 25.5 Å². The zero-order valence-electron chi connectivity index (χ0n) is 11.8. The molecule has 0 bridgehead atoms. The number of aliphatic hydroxyl groups excluding tert-OH is 2. The van der Waals surface area contributed by atoms with Gasteiger partial charge in [-0.05, 0) is 18.6 Å². The third kappa shape index (κ3) is 10.0. The summed E-state index contributed by atoms with van der Waals surface area (Å²) in [6, 6.07) is 7.25. The van der Waals surface area contributed by atoms with Crippen molar-refractivity contribution in [1.82, 2.24) is 0 Å². The van der Waals surface area contributed by atoms with E-state index >= 15 is 0 Å². The van der Waals surface area contributed by atoms with Crippen molar-refractivity contribution in [1.29, 1.82) is 0 Å². The third-order valence-corrected chi connectivity index (χ3v) is 3.02. The van der Waals surface area contributed by atoms with Gasteiger partial charge in [-0.2, -0.15) is 8.42 Å². The number of unbranched alkanes of at least 4 members (excludes halogenated alkanes) is 1. The van der Waals surface area contributed by atoms with Crippen molar-refractivity contribution in [2.24, 2.45) is 0 Å². The van der Waals surface area contributed by atoms with Crippen LogP contribution < -0.4 is 11.5 Å². The van der Waals surface area contributed by atoms with E-state index in [9.17, 15) is 8.42 Å². The predicted octanol–water partition coefficient (Wildman–Crippen LogP) is 0.226. The highest BCUT2D eigenvalue weighted by Crippen LogP contribution is 2.10. The van der Waals surface area contributed by atoms with Crippen LogP contribution in [0, 0.1) is 0 Å². The Morgan fingerprint density at radius 2 is 1.76 bits per heavy atom. The number of aliphatic hydroxyl groups is 2. The molecule has 0 fully saturated rings. The standard InChI is InChI=1S/C6H8N2.C6H14O6S/c7-5-3-1-2-4-6(5)8;1-2-3-4-11-13(9,10)12-6(8)5-7/h1-4H,7-8H2;6-8H,2-5H2,1H3. The smallest absolute Gasteiger partial charge is 0.397 e. The summed E-state index contributed by atoms with van der Waals surface area (Å²) in [6.07, 6.45) is -0.387. The highest BCUT2D eigenvalue weighted by Gasteiger charge is 2.16. The maximum absolute atomic E-state index is 10.8. The van der Waals surface area contributed by atoms with Gasteiger partial charge in [0, 0.05) is 0 Å². The molecule has 0 saturated carbocycles. The fourth-order valence-corrected chi connectivity index (χ4v) is 1.72. The van der Waals surface area contributed by atoms with E-state index < -0.39 is 23.3 Å². The number of hydrogen-bond acceptors (Lipinski definition) is 8. The maximum atomic E-state index is 10.8. The Morgan fingerprint density at radius 1 is 1.24 bits per heavy atom. The van der Waals surface area contributed by atoms with Gasteiger partial charge in [-0.3, -0.25) is 0 Å². The molecule has 122 valence electrons. The van der Waals surface area contributed by atoms with Gasteiger partial charge in [0.1, 0.15) is 0 Å². The van der Waals surface area contributed by atoms with Crippen molar-refractivity contribution in [3.05, 3.63) is 24.3 Å². The van der Waals surface area contributed by atoms with Gasteiger partial charge in [0.15, 0.2) is 6.29 Å². The molecule has 0 saturated heterocycles. The molecule has 6 N–H and O–H groups in total. The monoisotopic (exact) mass is 322 g/mol. The molecule has 0 radical (unpaired) electrons. The molecule has 0 aliphatic heterocycles. The van der Waals surface area contributed by atoms with Gasteiger partial charge >= 0.3 is 10.4 Å². The van der Waals surface area contributed by atoms with Crippen molar-refractivity contribution in [3.8, 4) is 0 Å². The zero-order valence-corrected chi connectivity index (χ0v) is 12.6. The first-order chi connectivity index (χ1) is 9.82. The molecule has 1 atom stereocenters. The molecule has 1 aromatic carbocycles. The molecule has 0 spiro atoms. The Labute approximate surface area is 124 Å². The zero-order chi connectivity index (χ0) is 16.3. The van der Waals surface area contributed by atoms with E-state index in [1.165, 1.54) is 0 Å². The Balaban J connectivity index is 0.000000423. The summed E-state index contributed by atoms with van der Waals surface area (Å²) in [5.41, 5.74) is 12.1. The normalized spacial score (nSPS) is 12.3. The van der Waals surface area contributed by atoms with Crippen molar-refractivity contribution in [3.63, 3.8) is 0 Å². The Kier molecular flexibility index (Phi) is 9.67. The van der Waals surface area contributed by atoms with E-state index in [1.54, 1.807) is 12.1 Å². The van der Waals surface area contributed by atoms with Crippen LogP contribution in [0.25, 0.3) is 0 Å². The topological polar surface area (TPSA) is 145 Å². The predicted molar refractivity (Wildman–Crippen MR) is 79.2 cm³/mol. The van der Waals surface area contributed by atoms with E-state index in [1.807, 2.05) is 19.1 Å². The fourth-order valence-electron chi connectivity index (χ4n) is 1.01. The number of benzene rings is 1. The first-order valence-corrected chi connectivity index (χ1v) is 7.62. The van der Waals surface area contributed by atoms with Gasteiger partial charge < -0.3 is 21.7 Å². The first kappa shape index (κ1) is 19.6. The minimum atomic E-state index is -4.18. The van der Waals surface area contributed by atoms with Crippen LogP contribution in [0.3, 0.4) is 0 Å². The van der Waals surface area contributed by atoms with Crippen LogP contribution in [0.5, 0.6) is 0 Å². The molecule has 1 aromatic rings. The molecule has 8 nitrogen and oxygen atoms in total. The quantitative estimate of drug-likeness (QED) is 0.317. The lowest BCUT2D eigenvalue weighted by Gasteiger charge is -2.08. The van der Waals surface area contributed by atoms with Gasteiger partial charge in [0.25, 0.3) is 0 Å². The Bertz CT molecular complexity index is 473. The van der Waals surface area contributed by atoms with Crippen LogP contribution in [-0.2, 0) is 18.8 Å². The lowest BCUT2D eigenvalue weighted by Crippen LogP contribution is -2.23. The number of para-hydroxylation sites is 2. The summed E-state index contributed by atoms with van der Waals surface area (Å²) in [4.78, 5) is 0. The molecule has 9 heteroatoms. The molecule has 1 rings (SSSR count). The molecule has 21 heavy (non-hydrogen) atoms. The van der Waals surface area contributed by atoms with Crippen LogP contribution >= 0.6 is 0 Å². The molecule has 0 aliphatic carbocycles. The summed E-state index contributed by atoms with van der Waals surface area (Å²) in [7, 11) is -4.18. The van der Waals surface area contributed by atoms with Gasteiger partial charge in [-0.15, -0.1) is 0 Å². The number of nitrogens with two attached hydrogens (primary N) is 2. The summed E-state index contributed by atoms with van der Waals surface area (Å²) in [5, 5.41) is 16.9. The van der Waals surface area contributed by atoms with E-state index in [0.29, 0.717) is 17.8 Å². The minimum absolute atomic E-state index is 0.0109. The lowest BCUT2D eigenvalue weighted by molar-refractivity contribution is -0.0591. The van der Waals surface area contributed by atoms with Crippen LogP contribution in [0.2, 0.25) is 0 Å². The minimum Gasteiger partial charge on any atom is -0.397 e. The molecule has 0 heterocycles. The second-order valence-corrected chi connectivity index (χ2v) is 5.19. The average Bonchev–Trinajstić information content (AvgIpc) is 2.42. The first-order valence-electron chi connectivity index (χ1n) is 6.29. The van der Waals surface area contributed by atoms with E-state index in [-0.39, 0.29) is 6.61 Å². The van der Waals surface area contributed by atoms with E-state index in [4.69, 9.17) is 21.7 Å². The summed E-state index contributed by atoms with van der Waals surface area (Å²) < 4.78 is 29.8. The second-order valence-electron chi connectivity index (χ2n) is 3.95. The molecule has 0 aromatic heterocycles. The Hall–Kier alpha value is -1.39. The van der Waals surface area contributed by atoms with Crippen molar-refractivity contribution >= 4 is 21.8 Å². The van der Waals surface area contributed by atoms with E-state index in [0.717, 1.165) is 6.42 Å². The number of nitrogen functional groups attached to an aromatic ring is 2. The van der Waals surface area contributed by atoms with Crippen LogP contribution in [-0.4, -0.2) is 38.1 Å². The van der Waals surface area contributed by atoms with Crippen LogP contribution in [0.15, 0.2) is 24.3 Å². The van der Waals surface area contributed by atoms with Crippen molar-refractivity contribution in [2.45, 2.75) is 26.1 Å². The van der Waals surface area contributed by atoms with Crippen molar-refractivity contribution in [2.75, 3.05) is 24.7 Å². The van der Waals surface area contributed by atoms with Crippen LogP contribution in [0.4, 0.5) is 11.4 Å². The van der Waals surface area contributed by atoms with Gasteiger partial charge in [0.2, 0.25) is 0 Å². The number of anilines is 2. The molecular formula is C12H22N2O6S. The molecule has 0 aliphatic rings. The highest BCUT2D eigenvalue weighted by atomic mass is 32.3. The highest BCUT2D eigenvalue weighted by molar-refractivity contribution is 7.81. The largest absolute Gasteiger partial charge is 0.402 e. The molecular weight excluding hydrogens is 300 g/mol. The second kappa shape index (κ2) is 10.4. The number of rotatable bonds is 7. The molecule has 1 unspecified atom stereocenters. The van der Waals surface area contributed by atoms with Crippen LogP contribution in [0.1, 0.15) is 19.8 Å². The Morgan fingerprint density at radius 3 is 2.14 bits per heavy atom. The van der Waals surface area contributed by atoms with Gasteiger partial charge in [0.05, 0.1) is 24.6 Å². The van der Waals surface area contributed by atoms with Gasteiger partial charge in [-0.25, -0.2) is 8.37 Å². The molecule has 0 amide bonds. The summed E-state index contributed by atoms with van der Waals surface area (Å²) in [5.74, 6) is 0. The average molecular weight is 322 g/mol. The maximum Gasteiger partial charge on any atom is 0.402 e.